The quantitative estimate of drug-likeness (QED) is 0.274. The second-order valence-electron chi connectivity index (χ2n) is 10.6. The Kier molecular flexibility index (Phi) is 6.70. The molecule has 8 nitrogen and oxygen atoms in total. The van der Waals surface area contributed by atoms with Gasteiger partial charge < -0.3 is 14.6 Å². The number of aryl methyl sites for hydroxylation is 1. The summed E-state index contributed by atoms with van der Waals surface area (Å²) in [5, 5.41) is 11.7. The van der Waals surface area contributed by atoms with E-state index in [-0.39, 0.29) is 63.4 Å². The van der Waals surface area contributed by atoms with Crippen molar-refractivity contribution in [3.8, 4) is 17.2 Å². The van der Waals surface area contributed by atoms with Gasteiger partial charge in [-0.05, 0) is 59.3 Å². The van der Waals surface area contributed by atoms with Gasteiger partial charge in [0.15, 0.2) is 11.6 Å². The van der Waals surface area contributed by atoms with Gasteiger partial charge in [-0.3, -0.25) is 19.2 Å². The van der Waals surface area contributed by atoms with E-state index in [0.29, 0.717) is 27.6 Å². The second-order valence-corrected chi connectivity index (χ2v) is 11.9. The number of halogens is 2. The minimum atomic E-state index is -0.871. The van der Waals surface area contributed by atoms with Gasteiger partial charge in [0.1, 0.15) is 17.2 Å². The molecule has 210 valence electrons. The first kappa shape index (κ1) is 27.5. The number of methoxy groups -OCH3 is 2. The molecule has 1 heterocycles. The van der Waals surface area contributed by atoms with Crippen molar-refractivity contribution >= 4 is 56.6 Å². The summed E-state index contributed by atoms with van der Waals surface area (Å²) in [4.78, 5) is 55.8. The number of ketones is 2. The lowest BCUT2D eigenvalue weighted by Crippen LogP contribution is -2.39. The fourth-order valence-electron chi connectivity index (χ4n) is 6.68. The summed E-state index contributed by atoms with van der Waals surface area (Å²) < 4.78 is 11.1. The van der Waals surface area contributed by atoms with E-state index in [2.05, 4.69) is 15.9 Å². The Morgan fingerprint density at radius 2 is 1.78 bits per heavy atom. The van der Waals surface area contributed by atoms with Gasteiger partial charge in [-0.15, -0.1) is 0 Å². The molecule has 0 spiro atoms. The Labute approximate surface area is 249 Å². The van der Waals surface area contributed by atoms with Crippen LogP contribution in [0.3, 0.4) is 0 Å². The molecule has 1 N–H and O–H groups in total. The van der Waals surface area contributed by atoms with Crippen LogP contribution < -0.4 is 14.4 Å². The average Bonchev–Trinajstić information content (AvgIpc) is 3.21. The molecule has 2 amide bonds. The van der Waals surface area contributed by atoms with E-state index in [1.54, 1.807) is 24.3 Å². The highest BCUT2D eigenvalue weighted by Crippen LogP contribution is 2.58. The molecular weight excluding hydrogens is 614 g/mol. The van der Waals surface area contributed by atoms with Gasteiger partial charge in [0.25, 0.3) is 0 Å². The summed E-state index contributed by atoms with van der Waals surface area (Å²) in [6.45, 7) is 1.83. The standard InChI is InChI=1S/C31H25BrClNO7/c1-13-4-5-14(8-21(13)33)34-30(38)17-7-6-16-18(25(17)31(34)39)11-19-26(23(36)12-20(32)29(19)37)27(16)28-22(35)9-15(40-2)10-24(28)41-3/h4-6,8-10,12,17-18,25,27,35H,7,11H2,1-3H3. The first-order valence-electron chi connectivity index (χ1n) is 13.0. The van der Waals surface area contributed by atoms with E-state index in [1.807, 2.05) is 13.0 Å². The number of nitrogens with zero attached hydrogens (tertiary/aromatic N) is 1. The van der Waals surface area contributed by atoms with Gasteiger partial charge in [-0.1, -0.05) is 29.3 Å². The SMILES string of the molecule is COc1cc(O)c(C2C3=CCC4C(=O)N(c5ccc(C)c(Cl)c5)C(=O)C4C3CC3=C2C(=O)C=C(Br)C3=O)c(OC)c1. The maximum absolute atomic E-state index is 14.0. The van der Waals surface area contributed by atoms with Crippen LogP contribution in [-0.2, 0) is 19.2 Å². The van der Waals surface area contributed by atoms with Gasteiger partial charge in [-0.25, -0.2) is 4.90 Å². The van der Waals surface area contributed by atoms with E-state index in [4.69, 9.17) is 21.1 Å². The average molecular weight is 639 g/mol. The molecule has 2 aromatic carbocycles. The number of anilines is 1. The number of carbonyl (C=O) groups is 4. The third-order valence-electron chi connectivity index (χ3n) is 8.58. The Balaban J connectivity index is 1.52. The predicted molar refractivity (Wildman–Crippen MR) is 154 cm³/mol. The Morgan fingerprint density at radius 3 is 2.46 bits per heavy atom. The van der Waals surface area contributed by atoms with Crippen LogP contribution in [0.15, 0.2) is 63.7 Å². The van der Waals surface area contributed by atoms with Crippen LogP contribution in [0.5, 0.6) is 17.2 Å². The number of ether oxygens (including phenoxy) is 2. The number of rotatable bonds is 4. The first-order valence-corrected chi connectivity index (χ1v) is 14.2. The Bertz CT molecular complexity index is 1670. The number of phenolic OH excluding ortho intramolecular Hbond substituents is 1. The zero-order valence-electron chi connectivity index (χ0n) is 22.4. The molecule has 4 aliphatic rings. The summed E-state index contributed by atoms with van der Waals surface area (Å²) in [6, 6.07) is 8.07. The van der Waals surface area contributed by atoms with E-state index >= 15 is 0 Å². The van der Waals surface area contributed by atoms with Gasteiger partial charge in [0.05, 0.1) is 36.2 Å². The molecule has 1 fully saturated rings. The molecule has 3 aliphatic carbocycles. The molecule has 4 atom stereocenters. The summed E-state index contributed by atoms with van der Waals surface area (Å²) in [5.74, 6) is -3.86. The van der Waals surface area contributed by atoms with Crippen molar-refractivity contribution in [3.05, 3.63) is 79.8 Å². The highest BCUT2D eigenvalue weighted by Gasteiger charge is 2.57. The highest BCUT2D eigenvalue weighted by atomic mass is 79.9. The predicted octanol–water partition coefficient (Wildman–Crippen LogP) is 5.34. The third kappa shape index (κ3) is 4.08. The number of Topliss-reactive ketones (excluding diaryl/α,β-unsaturated/α-hetero) is 1. The van der Waals surface area contributed by atoms with Crippen LogP contribution in [0, 0.1) is 24.7 Å². The summed E-state index contributed by atoms with van der Waals surface area (Å²) in [6.07, 6.45) is 3.48. The van der Waals surface area contributed by atoms with Crippen LogP contribution in [0.1, 0.15) is 29.9 Å². The number of allylic oxidation sites excluding steroid dienone is 6. The zero-order chi connectivity index (χ0) is 29.3. The minimum absolute atomic E-state index is 0.104. The van der Waals surface area contributed by atoms with Crippen LogP contribution in [-0.4, -0.2) is 42.7 Å². The van der Waals surface area contributed by atoms with E-state index in [9.17, 15) is 24.3 Å². The lowest BCUT2D eigenvalue weighted by molar-refractivity contribution is -0.123. The number of phenols is 1. The lowest BCUT2D eigenvalue weighted by Gasteiger charge is -2.42. The molecule has 1 aliphatic heterocycles. The summed E-state index contributed by atoms with van der Waals surface area (Å²) in [5.41, 5.74) is 2.69. The van der Waals surface area contributed by atoms with Crippen molar-refractivity contribution in [2.75, 3.05) is 19.1 Å². The molecule has 0 radical (unpaired) electrons. The van der Waals surface area contributed by atoms with Gasteiger partial charge in [0.2, 0.25) is 11.8 Å². The van der Waals surface area contributed by atoms with Crippen molar-refractivity contribution in [1.82, 2.24) is 0 Å². The molecule has 41 heavy (non-hydrogen) atoms. The maximum atomic E-state index is 14.0. The van der Waals surface area contributed by atoms with Gasteiger partial charge in [-0.2, -0.15) is 0 Å². The second kappa shape index (κ2) is 9.99. The maximum Gasteiger partial charge on any atom is 0.238 e. The number of hydrogen-bond donors (Lipinski definition) is 1. The van der Waals surface area contributed by atoms with E-state index in [0.717, 1.165) is 5.56 Å². The summed E-state index contributed by atoms with van der Waals surface area (Å²) >= 11 is 9.56. The number of amides is 2. The van der Waals surface area contributed by atoms with Crippen LogP contribution in [0.2, 0.25) is 5.02 Å². The number of fused-ring (bicyclic) bond motifs is 3. The van der Waals surface area contributed by atoms with Gasteiger partial charge >= 0.3 is 0 Å². The Morgan fingerprint density at radius 1 is 1.02 bits per heavy atom. The van der Waals surface area contributed by atoms with Crippen LogP contribution in [0.25, 0.3) is 0 Å². The molecule has 0 saturated carbocycles. The highest BCUT2D eigenvalue weighted by molar-refractivity contribution is 9.12. The van der Waals surface area contributed by atoms with Crippen LogP contribution >= 0.6 is 27.5 Å². The third-order valence-corrected chi connectivity index (χ3v) is 9.58. The molecule has 1 saturated heterocycles. The van der Waals surface area contributed by atoms with Crippen molar-refractivity contribution in [3.63, 3.8) is 0 Å². The molecule has 0 aromatic heterocycles. The van der Waals surface area contributed by atoms with Crippen molar-refractivity contribution in [2.24, 2.45) is 17.8 Å². The normalized spacial score (nSPS) is 25.4. The smallest absolute Gasteiger partial charge is 0.238 e. The molecule has 6 rings (SSSR count). The monoisotopic (exact) mass is 637 g/mol. The molecular formula is C31H25BrClNO7. The van der Waals surface area contributed by atoms with Gasteiger partial charge in [0, 0.05) is 45.9 Å². The Hall–Kier alpha value is -3.69. The molecule has 4 unspecified atom stereocenters. The number of aromatic hydroxyl groups is 1. The lowest BCUT2D eigenvalue weighted by atomic mass is 9.59. The molecule has 0 bridgehead atoms. The fourth-order valence-corrected chi connectivity index (χ4v) is 7.30. The number of imide groups is 1. The topological polar surface area (TPSA) is 110 Å². The largest absolute Gasteiger partial charge is 0.507 e. The number of hydrogen-bond acceptors (Lipinski definition) is 7. The number of benzene rings is 2. The molecule has 2 aromatic rings. The van der Waals surface area contributed by atoms with E-state index < -0.39 is 23.7 Å². The minimum Gasteiger partial charge on any atom is -0.507 e. The van der Waals surface area contributed by atoms with E-state index in [1.165, 1.54) is 31.3 Å². The van der Waals surface area contributed by atoms with Crippen LogP contribution in [0.4, 0.5) is 5.69 Å². The fraction of sp³-hybridized carbons (Fsp3) is 0.290. The molecule has 10 heteroatoms. The van der Waals surface area contributed by atoms with Crippen molar-refractivity contribution in [1.29, 1.82) is 0 Å². The van der Waals surface area contributed by atoms with Crippen molar-refractivity contribution in [2.45, 2.75) is 25.7 Å². The first-order chi connectivity index (χ1) is 19.6. The summed E-state index contributed by atoms with van der Waals surface area (Å²) in [7, 11) is 2.89. The zero-order valence-corrected chi connectivity index (χ0v) is 24.7. The number of carbonyl (C=O) groups excluding carboxylic acids is 4. The van der Waals surface area contributed by atoms with Crippen molar-refractivity contribution < 1.29 is 33.8 Å².